The summed E-state index contributed by atoms with van der Waals surface area (Å²) in [6, 6.07) is 7.53. The number of rotatable bonds is 10. The van der Waals surface area contributed by atoms with E-state index in [0.29, 0.717) is 13.2 Å². The summed E-state index contributed by atoms with van der Waals surface area (Å²) < 4.78 is 31.7. The second-order valence-corrected chi connectivity index (χ2v) is 8.30. The number of nitrogens with zero attached hydrogens (tertiary/aromatic N) is 1. The highest BCUT2D eigenvalue weighted by molar-refractivity contribution is 7.88. The van der Waals surface area contributed by atoms with Crippen molar-refractivity contribution in [1.29, 1.82) is 0 Å². The van der Waals surface area contributed by atoms with Gasteiger partial charge >= 0.3 is 0 Å². The summed E-state index contributed by atoms with van der Waals surface area (Å²) in [5.74, 6) is 0.706. The molecule has 1 atom stereocenters. The maximum absolute atomic E-state index is 12.0. The maximum atomic E-state index is 12.0. The molecule has 0 amide bonds. The van der Waals surface area contributed by atoms with Crippen molar-refractivity contribution in [2.45, 2.75) is 52.1 Å². The average Bonchev–Trinajstić information content (AvgIpc) is 2.52. The minimum Gasteiger partial charge on any atom is -0.383 e. The molecule has 0 fully saturated rings. The lowest BCUT2D eigenvalue weighted by atomic mass is 10.1. The number of guanidine groups is 1. The topological polar surface area (TPSA) is 91.8 Å². The molecule has 0 saturated heterocycles. The van der Waals surface area contributed by atoms with E-state index in [1.165, 1.54) is 0 Å². The standard InChI is InChI=1S/C18H32N4O3S/c1-6-19-18(21-15(4)12-25-5)20-11-16-7-9-17(10-8-16)13-26(23,24)22-14(2)3/h7-10,14-15,22H,6,11-13H2,1-5H3,(H2,19,20,21). The number of nitrogens with one attached hydrogen (secondary N) is 3. The first-order chi connectivity index (χ1) is 12.3. The van der Waals surface area contributed by atoms with Gasteiger partial charge in [-0.15, -0.1) is 0 Å². The van der Waals surface area contributed by atoms with Crippen LogP contribution >= 0.6 is 0 Å². The molecule has 0 radical (unpaired) electrons. The second kappa shape index (κ2) is 11.2. The van der Waals surface area contributed by atoms with Crippen molar-refractivity contribution in [3.63, 3.8) is 0 Å². The molecule has 8 heteroatoms. The van der Waals surface area contributed by atoms with Crippen LogP contribution in [0.5, 0.6) is 0 Å². The molecule has 1 aromatic carbocycles. The van der Waals surface area contributed by atoms with Crippen molar-refractivity contribution < 1.29 is 13.2 Å². The Bertz CT molecular complexity index is 658. The number of hydrogen-bond donors (Lipinski definition) is 3. The van der Waals surface area contributed by atoms with E-state index < -0.39 is 10.0 Å². The number of methoxy groups -OCH3 is 1. The maximum Gasteiger partial charge on any atom is 0.216 e. The van der Waals surface area contributed by atoms with Gasteiger partial charge in [0.05, 0.1) is 18.9 Å². The summed E-state index contributed by atoms with van der Waals surface area (Å²) in [4.78, 5) is 4.56. The monoisotopic (exact) mass is 384 g/mol. The summed E-state index contributed by atoms with van der Waals surface area (Å²) in [7, 11) is -1.64. The van der Waals surface area contributed by atoms with Gasteiger partial charge in [-0.1, -0.05) is 24.3 Å². The molecule has 0 saturated carbocycles. The van der Waals surface area contributed by atoms with Crippen LogP contribution in [-0.4, -0.2) is 46.7 Å². The van der Waals surface area contributed by atoms with E-state index in [0.717, 1.165) is 23.6 Å². The molecule has 1 rings (SSSR count). The van der Waals surface area contributed by atoms with Gasteiger partial charge in [-0.25, -0.2) is 18.1 Å². The van der Waals surface area contributed by atoms with Crippen molar-refractivity contribution in [2.24, 2.45) is 4.99 Å². The molecule has 1 aromatic rings. The van der Waals surface area contributed by atoms with Crippen molar-refractivity contribution in [1.82, 2.24) is 15.4 Å². The molecular weight excluding hydrogens is 352 g/mol. The van der Waals surface area contributed by atoms with Crippen LogP contribution in [0.3, 0.4) is 0 Å². The Balaban J connectivity index is 2.69. The first-order valence-electron chi connectivity index (χ1n) is 8.87. The SMILES string of the molecule is CCNC(=NCc1ccc(CS(=O)(=O)NC(C)C)cc1)NC(C)COC. The molecule has 0 aliphatic carbocycles. The normalized spacial score (nSPS) is 13.7. The second-order valence-electron chi connectivity index (χ2n) is 6.54. The van der Waals surface area contributed by atoms with E-state index in [1.807, 2.05) is 52.0 Å². The van der Waals surface area contributed by atoms with Gasteiger partial charge in [-0.05, 0) is 38.8 Å². The molecule has 0 aromatic heterocycles. The third-order valence-corrected chi connectivity index (χ3v) is 4.90. The van der Waals surface area contributed by atoms with E-state index in [4.69, 9.17) is 4.74 Å². The van der Waals surface area contributed by atoms with Gasteiger partial charge in [0.25, 0.3) is 0 Å². The van der Waals surface area contributed by atoms with E-state index in [2.05, 4.69) is 20.3 Å². The molecule has 3 N–H and O–H groups in total. The quantitative estimate of drug-likeness (QED) is 0.421. The molecule has 1 unspecified atom stereocenters. The van der Waals surface area contributed by atoms with Gasteiger partial charge in [-0.2, -0.15) is 0 Å². The number of benzene rings is 1. The predicted molar refractivity (Wildman–Crippen MR) is 107 cm³/mol. The third kappa shape index (κ3) is 9.17. The summed E-state index contributed by atoms with van der Waals surface area (Å²) in [5.41, 5.74) is 1.77. The highest BCUT2D eigenvalue weighted by atomic mass is 32.2. The van der Waals surface area contributed by atoms with Crippen LogP contribution in [0.2, 0.25) is 0 Å². The molecule has 0 spiro atoms. The third-order valence-electron chi connectivity index (χ3n) is 3.36. The van der Waals surface area contributed by atoms with Crippen LogP contribution < -0.4 is 15.4 Å². The summed E-state index contributed by atoms with van der Waals surface area (Å²) in [5, 5.41) is 6.47. The first kappa shape index (κ1) is 22.4. The van der Waals surface area contributed by atoms with Crippen molar-refractivity contribution in [2.75, 3.05) is 20.3 Å². The van der Waals surface area contributed by atoms with E-state index in [9.17, 15) is 8.42 Å². The number of hydrogen-bond acceptors (Lipinski definition) is 4. The molecular formula is C18H32N4O3S. The van der Waals surface area contributed by atoms with Gasteiger partial charge in [0.1, 0.15) is 0 Å². The van der Waals surface area contributed by atoms with E-state index >= 15 is 0 Å². The zero-order valence-electron chi connectivity index (χ0n) is 16.4. The van der Waals surface area contributed by atoms with Crippen molar-refractivity contribution >= 4 is 16.0 Å². The zero-order chi connectivity index (χ0) is 19.6. The van der Waals surface area contributed by atoms with Crippen LogP contribution in [0, 0.1) is 0 Å². The lowest BCUT2D eigenvalue weighted by Gasteiger charge is -2.17. The Morgan fingerprint density at radius 2 is 1.77 bits per heavy atom. The van der Waals surface area contributed by atoms with Gasteiger partial charge in [0.2, 0.25) is 10.0 Å². The Kier molecular flexibility index (Phi) is 9.61. The van der Waals surface area contributed by atoms with Crippen LogP contribution in [0.25, 0.3) is 0 Å². The summed E-state index contributed by atoms with van der Waals surface area (Å²) in [6.07, 6.45) is 0. The lowest BCUT2D eigenvalue weighted by Crippen LogP contribution is -2.43. The molecule has 0 bridgehead atoms. The molecule has 0 aliphatic rings. The number of sulfonamides is 1. The molecule has 148 valence electrons. The fourth-order valence-corrected chi connectivity index (χ4v) is 3.81. The molecule has 0 heterocycles. The van der Waals surface area contributed by atoms with E-state index in [1.54, 1.807) is 7.11 Å². The van der Waals surface area contributed by atoms with Crippen LogP contribution in [0.1, 0.15) is 38.8 Å². The average molecular weight is 385 g/mol. The molecule has 26 heavy (non-hydrogen) atoms. The predicted octanol–water partition coefficient (Wildman–Crippen LogP) is 1.60. The van der Waals surface area contributed by atoms with Gasteiger partial charge < -0.3 is 15.4 Å². The van der Waals surface area contributed by atoms with Crippen molar-refractivity contribution in [3.8, 4) is 0 Å². The zero-order valence-corrected chi connectivity index (χ0v) is 17.2. The fourth-order valence-electron chi connectivity index (χ4n) is 2.38. The Labute approximate surface area is 157 Å². The van der Waals surface area contributed by atoms with Crippen molar-refractivity contribution in [3.05, 3.63) is 35.4 Å². The highest BCUT2D eigenvalue weighted by Gasteiger charge is 2.12. The molecule has 7 nitrogen and oxygen atoms in total. The largest absolute Gasteiger partial charge is 0.383 e. The van der Waals surface area contributed by atoms with Crippen LogP contribution in [0.15, 0.2) is 29.3 Å². The Hall–Kier alpha value is -1.64. The smallest absolute Gasteiger partial charge is 0.216 e. The van der Waals surface area contributed by atoms with Gasteiger partial charge in [0, 0.05) is 25.7 Å². The lowest BCUT2D eigenvalue weighted by molar-refractivity contribution is 0.179. The van der Waals surface area contributed by atoms with Crippen LogP contribution in [-0.2, 0) is 27.1 Å². The highest BCUT2D eigenvalue weighted by Crippen LogP contribution is 2.09. The van der Waals surface area contributed by atoms with E-state index in [-0.39, 0.29) is 17.8 Å². The fraction of sp³-hybridized carbons (Fsp3) is 0.611. The molecule has 0 aliphatic heterocycles. The Morgan fingerprint density at radius 1 is 1.15 bits per heavy atom. The Morgan fingerprint density at radius 3 is 2.31 bits per heavy atom. The van der Waals surface area contributed by atoms with Gasteiger partial charge in [0.15, 0.2) is 5.96 Å². The first-order valence-corrected chi connectivity index (χ1v) is 10.5. The van der Waals surface area contributed by atoms with Gasteiger partial charge in [-0.3, -0.25) is 0 Å². The van der Waals surface area contributed by atoms with Crippen LogP contribution in [0.4, 0.5) is 0 Å². The number of aliphatic imine (C=N–C) groups is 1. The minimum absolute atomic E-state index is 0.0204. The minimum atomic E-state index is -3.31. The number of ether oxygens (including phenoxy) is 1. The summed E-state index contributed by atoms with van der Waals surface area (Å²) >= 11 is 0. The summed E-state index contributed by atoms with van der Waals surface area (Å²) in [6.45, 7) is 9.52.